The average molecular weight is 351 g/mol. The molecule has 0 spiro atoms. The highest BCUT2D eigenvalue weighted by Gasteiger charge is 2.11. The van der Waals surface area contributed by atoms with Crippen molar-refractivity contribution in [2.24, 2.45) is 0 Å². The molecular formula is C17H23ClN4O2. The molecule has 1 aromatic heterocycles. The number of carbonyl (C=O) groups is 1. The van der Waals surface area contributed by atoms with Gasteiger partial charge in [0.25, 0.3) is 0 Å². The van der Waals surface area contributed by atoms with Crippen LogP contribution in [0.3, 0.4) is 0 Å². The SMILES string of the molecule is CC(C)n1nccc1NC(=O)CN(C)CCOc1cccc(Cl)c1. The van der Waals surface area contributed by atoms with Crippen LogP contribution < -0.4 is 10.1 Å². The molecule has 1 heterocycles. The Hall–Kier alpha value is -2.05. The fraction of sp³-hybridized carbons (Fsp3) is 0.412. The molecular weight excluding hydrogens is 328 g/mol. The minimum Gasteiger partial charge on any atom is -0.492 e. The van der Waals surface area contributed by atoms with Crippen LogP contribution in [-0.4, -0.2) is 47.3 Å². The molecule has 0 atom stereocenters. The van der Waals surface area contributed by atoms with Crippen molar-refractivity contribution in [2.45, 2.75) is 19.9 Å². The summed E-state index contributed by atoms with van der Waals surface area (Å²) in [5.74, 6) is 1.35. The first-order valence-corrected chi connectivity index (χ1v) is 8.24. The van der Waals surface area contributed by atoms with E-state index in [1.807, 2.05) is 37.9 Å². The van der Waals surface area contributed by atoms with Gasteiger partial charge in [-0.3, -0.25) is 9.69 Å². The van der Waals surface area contributed by atoms with Crippen molar-refractivity contribution < 1.29 is 9.53 Å². The summed E-state index contributed by atoms with van der Waals surface area (Å²) in [6.07, 6.45) is 1.68. The number of nitrogens with zero attached hydrogens (tertiary/aromatic N) is 3. The first kappa shape index (κ1) is 18.3. The number of hydrogen-bond donors (Lipinski definition) is 1. The van der Waals surface area contributed by atoms with E-state index in [4.69, 9.17) is 16.3 Å². The van der Waals surface area contributed by atoms with Gasteiger partial charge >= 0.3 is 0 Å². The Bertz CT molecular complexity index is 672. The summed E-state index contributed by atoms with van der Waals surface area (Å²) in [5, 5.41) is 7.72. The summed E-state index contributed by atoms with van der Waals surface area (Å²) in [6, 6.07) is 9.24. The molecule has 1 amide bonds. The van der Waals surface area contributed by atoms with Crippen LogP contribution in [0.1, 0.15) is 19.9 Å². The van der Waals surface area contributed by atoms with Gasteiger partial charge in [0, 0.05) is 23.7 Å². The van der Waals surface area contributed by atoms with Crippen molar-refractivity contribution in [3.8, 4) is 5.75 Å². The average Bonchev–Trinajstić information content (AvgIpc) is 2.95. The Balaban J connectivity index is 1.74. The van der Waals surface area contributed by atoms with E-state index in [2.05, 4.69) is 10.4 Å². The monoisotopic (exact) mass is 350 g/mol. The van der Waals surface area contributed by atoms with E-state index in [0.717, 1.165) is 5.75 Å². The van der Waals surface area contributed by atoms with Crippen LogP contribution in [0.15, 0.2) is 36.5 Å². The molecule has 0 saturated heterocycles. The van der Waals surface area contributed by atoms with E-state index in [0.29, 0.717) is 24.0 Å². The van der Waals surface area contributed by atoms with E-state index in [1.165, 1.54) is 0 Å². The van der Waals surface area contributed by atoms with Crippen molar-refractivity contribution >= 4 is 23.3 Å². The van der Waals surface area contributed by atoms with E-state index in [-0.39, 0.29) is 18.5 Å². The predicted octanol–water partition coefficient (Wildman–Crippen LogP) is 3.07. The molecule has 0 unspecified atom stereocenters. The Morgan fingerprint density at radius 3 is 2.92 bits per heavy atom. The number of amides is 1. The third-order valence-electron chi connectivity index (χ3n) is 3.38. The summed E-state index contributed by atoms with van der Waals surface area (Å²) in [7, 11) is 1.88. The number of aromatic nitrogens is 2. The van der Waals surface area contributed by atoms with Gasteiger partial charge in [0.05, 0.1) is 12.7 Å². The maximum atomic E-state index is 12.1. The number of halogens is 1. The van der Waals surface area contributed by atoms with Crippen LogP contribution in [-0.2, 0) is 4.79 Å². The van der Waals surface area contributed by atoms with Gasteiger partial charge in [0.2, 0.25) is 5.91 Å². The lowest BCUT2D eigenvalue weighted by Crippen LogP contribution is -2.33. The molecule has 2 rings (SSSR count). The van der Waals surface area contributed by atoms with Gasteiger partial charge in [0.1, 0.15) is 18.2 Å². The minimum absolute atomic E-state index is 0.0809. The van der Waals surface area contributed by atoms with Gasteiger partial charge in [-0.1, -0.05) is 17.7 Å². The first-order valence-electron chi connectivity index (χ1n) is 7.86. The summed E-state index contributed by atoms with van der Waals surface area (Å²) < 4.78 is 7.40. The van der Waals surface area contributed by atoms with E-state index < -0.39 is 0 Å². The van der Waals surface area contributed by atoms with Crippen molar-refractivity contribution in [3.63, 3.8) is 0 Å². The van der Waals surface area contributed by atoms with Gasteiger partial charge in [-0.25, -0.2) is 4.68 Å². The van der Waals surface area contributed by atoms with Crippen LogP contribution >= 0.6 is 11.6 Å². The molecule has 130 valence electrons. The molecule has 0 fully saturated rings. The number of benzene rings is 1. The summed E-state index contributed by atoms with van der Waals surface area (Å²) in [5.41, 5.74) is 0. The number of carbonyl (C=O) groups excluding carboxylic acids is 1. The second-order valence-electron chi connectivity index (χ2n) is 5.85. The van der Waals surface area contributed by atoms with E-state index >= 15 is 0 Å². The lowest BCUT2D eigenvalue weighted by Gasteiger charge is -2.17. The third kappa shape index (κ3) is 5.54. The van der Waals surface area contributed by atoms with Gasteiger partial charge in [-0.05, 0) is 39.1 Å². The second-order valence-corrected chi connectivity index (χ2v) is 6.28. The highest BCUT2D eigenvalue weighted by molar-refractivity contribution is 6.30. The van der Waals surface area contributed by atoms with Crippen LogP contribution in [0.25, 0.3) is 0 Å². The van der Waals surface area contributed by atoms with Crippen LogP contribution in [0.5, 0.6) is 5.75 Å². The van der Waals surface area contributed by atoms with Gasteiger partial charge < -0.3 is 10.1 Å². The largest absolute Gasteiger partial charge is 0.492 e. The number of anilines is 1. The van der Waals surface area contributed by atoms with E-state index in [1.54, 1.807) is 29.1 Å². The molecule has 0 aliphatic heterocycles. The summed E-state index contributed by atoms with van der Waals surface area (Å²) >= 11 is 5.91. The topological polar surface area (TPSA) is 59.4 Å². The van der Waals surface area contributed by atoms with Gasteiger partial charge in [-0.2, -0.15) is 5.10 Å². The summed E-state index contributed by atoms with van der Waals surface area (Å²) in [6.45, 7) is 5.42. The highest BCUT2D eigenvalue weighted by Crippen LogP contribution is 2.17. The minimum atomic E-state index is -0.0809. The third-order valence-corrected chi connectivity index (χ3v) is 3.61. The van der Waals surface area contributed by atoms with Crippen LogP contribution in [0.2, 0.25) is 5.02 Å². The molecule has 0 saturated carbocycles. The van der Waals surface area contributed by atoms with Gasteiger partial charge in [-0.15, -0.1) is 0 Å². The van der Waals surface area contributed by atoms with Gasteiger partial charge in [0.15, 0.2) is 0 Å². The Labute approximate surface area is 147 Å². The molecule has 1 aromatic carbocycles. The van der Waals surface area contributed by atoms with Crippen molar-refractivity contribution in [2.75, 3.05) is 32.1 Å². The zero-order chi connectivity index (χ0) is 17.5. The fourth-order valence-corrected chi connectivity index (χ4v) is 2.39. The summed E-state index contributed by atoms with van der Waals surface area (Å²) in [4.78, 5) is 14.0. The molecule has 0 aliphatic rings. The number of nitrogens with one attached hydrogen (secondary N) is 1. The van der Waals surface area contributed by atoms with Crippen molar-refractivity contribution in [3.05, 3.63) is 41.6 Å². The first-order chi connectivity index (χ1) is 11.5. The van der Waals surface area contributed by atoms with Crippen molar-refractivity contribution in [1.29, 1.82) is 0 Å². The molecule has 2 aromatic rings. The normalized spacial score (nSPS) is 11.1. The molecule has 0 aliphatic carbocycles. The maximum Gasteiger partial charge on any atom is 0.239 e. The zero-order valence-corrected chi connectivity index (χ0v) is 15.0. The second kappa shape index (κ2) is 8.70. The lowest BCUT2D eigenvalue weighted by atomic mass is 10.3. The molecule has 6 nitrogen and oxygen atoms in total. The predicted molar refractivity (Wildman–Crippen MR) is 95.7 cm³/mol. The quantitative estimate of drug-likeness (QED) is 0.794. The molecule has 1 N–H and O–H groups in total. The molecule has 7 heteroatoms. The Morgan fingerprint density at radius 1 is 1.42 bits per heavy atom. The molecule has 0 radical (unpaired) electrons. The zero-order valence-electron chi connectivity index (χ0n) is 14.2. The fourth-order valence-electron chi connectivity index (χ4n) is 2.21. The number of likely N-dealkylation sites (N-methyl/N-ethyl adjacent to an activating group) is 1. The van der Waals surface area contributed by atoms with Crippen LogP contribution in [0, 0.1) is 0 Å². The Morgan fingerprint density at radius 2 is 2.21 bits per heavy atom. The lowest BCUT2D eigenvalue weighted by molar-refractivity contribution is -0.117. The number of ether oxygens (including phenoxy) is 1. The maximum absolute atomic E-state index is 12.1. The molecule has 24 heavy (non-hydrogen) atoms. The van der Waals surface area contributed by atoms with E-state index in [9.17, 15) is 4.79 Å². The van der Waals surface area contributed by atoms with Crippen molar-refractivity contribution in [1.82, 2.24) is 14.7 Å². The van der Waals surface area contributed by atoms with Crippen LogP contribution in [0.4, 0.5) is 5.82 Å². The standard InChI is InChI=1S/C17H23ClN4O2/c1-13(2)22-16(7-8-19-22)20-17(23)12-21(3)9-10-24-15-6-4-5-14(18)11-15/h4-8,11,13H,9-10,12H2,1-3H3,(H,20,23). The number of hydrogen-bond acceptors (Lipinski definition) is 4. The number of rotatable bonds is 8. The Kier molecular flexibility index (Phi) is 6.63. The smallest absolute Gasteiger partial charge is 0.239 e. The molecule has 0 bridgehead atoms. The highest BCUT2D eigenvalue weighted by atomic mass is 35.5.